The zero-order chi connectivity index (χ0) is 21.3. The second-order valence-corrected chi connectivity index (χ2v) is 9.05. The number of hydrogen-bond donors (Lipinski definition) is 0. The fourth-order valence-electron chi connectivity index (χ4n) is 3.98. The molecular formula is C27H53NS. The highest BCUT2D eigenvalue weighted by Gasteiger charge is 2.02. The Morgan fingerprint density at radius 2 is 0.793 bits per heavy atom. The molecule has 0 atom stereocenters. The lowest BCUT2D eigenvalue weighted by Crippen LogP contribution is -2.25. The van der Waals surface area contributed by atoms with Gasteiger partial charge in [0.1, 0.15) is 0 Å². The lowest BCUT2D eigenvalue weighted by Gasteiger charge is -2.20. The van der Waals surface area contributed by atoms with Crippen molar-refractivity contribution in [2.24, 2.45) is 0 Å². The van der Waals surface area contributed by atoms with Crippen LogP contribution in [0.1, 0.15) is 130 Å². The van der Waals surface area contributed by atoms with E-state index in [0.29, 0.717) is 0 Å². The van der Waals surface area contributed by atoms with Crippen molar-refractivity contribution in [3.05, 3.63) is 22.9 Å². The molecule has 172 valence electrons. The van der Waals surface area contributed by atoms with Crippen molar-refractivity contribution in [2.75, 3.05) is 19.6 Å². The molecule has 0 aliphatic carbocycles. The molecule has 2 rings (SSSR count). The molecule has 0 spiro atoms. The van der Waals surface area contributed by atoms with Gasteiger partial charge in [0.15, 0.2) is 0 Å². The van der Waals surface area contributed by atoms with Crippen LogP contribution >= 0.6 is 11.3 Å². The molecule has 1 nitrogen and oxygen atoms in total. The molecule has 2 heteroatoms. The molecule has 0 N–H and O–H groups in total. The summed E-state index contributed by atoms with van der Waals surface area (Å²) in [4.78, 5) is 2.68. The van der Waals surface area contributed by atoms with Gasteiger partial charge in [0.25, 0.3) is 0 Å². The summed E-state index contributed by atoms with van der Waals surface area (Å²) in [6.07, 6.45) is 25.1. The van der Waals surface area contributed by atoms with E-state index < -0.39 is 0 Å². The van der Waals surface area contributed by atoms with Crippen molar-refractivity contribution in [1.29, 1.82) is 0 Å². The highest BCUT2D eigenvalue weighted by Crippen LogP contribution is 2.14. The smallest absolute Gasteiger partial charge is 0.00189 e. The van der Waals surface area contributed by atoms with E-state index in [1.54, 1.807) is 11.3 Å². The summed E-state index contributed by atoms with van der Waals surface area (Å²) in [5, 5.41) is 4.08. The van der Waals surface area contributed by atoms with Gasteiger partial charge in [0, 0.05) is 0 Å². The molecule has 1 saturated heterocycles. The van der Waals surface area contributed by atoms with Crippen molar-refractivity contribution in [1.82, 2.24) is 4.90 Å². The molecule has 2 heterocycles. The first-order chi connectivity index (χ1) is 14.4. The molecule has 0 unspecified atom stereocenters. The highest BCUT2D eigenvalue weighted by molar-refractivity contribution is 7.07. The summed E-state index contributed by atoms with van der Waals surface area (Å²) in [6.45, 7) is 10.3. The van der Waals surface area contributed by atoms with Crippen molar-refractivity contribution in [3.8, 4) is 0 Å². The quantitative estimate of drug-likeness (QED) is 0.434. The van der Waals surface area contributed by atoms with Crippen molar-refractivity contribution >= 4 is 11.3 Å². The molecule has 29 heavy (non-hydrogen) atoms. The fourth-order valence-corrected chi connectivity index (χ4v) is 4.43. The molecule has 1 aromatic rings. The van der Waals surface area contributed by atoms with E-state index >= 15 is 0 Å². The summed E-state index contributed by atoms with van der Waals surface area (Å²) in [7, 11) is 0. The maximum atomic E-state index is 2.68. The molecule has 0 aromatic carbocycles. The van der Waals surface area contributed by atoms with Gasteiger partial charge >= 0.3 is 0 Å². The number of rotatable bonds is 1. The first-order valence-corrected chi connectivity index (χ1v) is 14.1. The van der Waals surface area contributed by atoms with E-state index in [2.05, 4.69) is 11.8 Å². The zero-order valence-electron chi connectivity index (χ0n) is 20.3. The van der Waals surface area contributed by atoms with Crippen LogP contribution in [-0.4, -0.2) is 24.5 Å². The Bertz CT molecular complexity index is 325. The normalized spacial score (nSPS) is 19.7. The van der Waals surface area contributed by atoms with E-state index in [-0.39, 0.29) is 0 Å². The number of hydrogen-bond acceptors (Lipinski definition) is 2. The topological polar surface area (TPSA) is 3.24 Å². The predicted molar refractivity (Wildman–Crippen MR) is 136 cm³/mol. The van der Waals surface area contributed by atoms with Gasteiger partial charge in [0.05, 0.1) is 0 Å². The van der Waals surface area contributed by atoms with Crippen LogP contribution in [0.3, 0.4) is 0 Å². The van der Waals surface area contributed by atoms with Crippen molar-refractivity contribution in [3.63, 3.8) is 0 Å². The Hall–Kier alpha value is -0.340. The molecule has 0 bridgehead atoms. The Kier molecular flexibility index (Phi) is 25.4. The molecule has 1 aliphatic rings. The lowest BCUT2D eigenvalue weighted by atomic mass is 10.0. The predicted octanol–water partition coefficient (Wildman–Crippen LogP) is 9.73. The summed E-state index contributed by atoms with van der Waals surface area (Å²) in [5.41, 5.74) is 0. The van der Waals surface area contributed by atoms with E-state index in [1.165, 1.54) is 129 Å². The van der Waals surface area contributed by atoms with E-state index in [0.717, 1.165) is 0 Å². The fraction of sp³-hybridized carbons (Fsp3) is 0.852. The average Bonchev–Trinajstić information content (AvgIpc) is 3.35. The van der Waals surface area contributed by atoms with Crippen LogP contribution in [0.5, 0.6) is 0 Å². The second-order valence-electron chi connectivity index (χ2n) is 8.24. The minimum Gasteiger partial charge on any atom is -0.304 e. The van der Waals surface area contributed by atoms with Crippen LogP contribution in [0.15, 0.2) is 22.9 Å². The van der Waals surface area contributed by atoms with Gasteiger partial charge < -0.3 is 4.90 Å². The van der Waals surface area contributed by atoms with Gasteiger partial charge in [-0.2, -0.15) is 11.3 Å². The molecule has 1 fully saturated rings. The van der Waals surface area contributed by atoms with Crippen LogP contribution in [-0.2, 0) is 0 Å². The van der Waals surface area contributed by atoms with E-state index in [1.807, 2.05) is 36.7 Å². The maximum Gasteiger partial charge on any atom is -0.00189 e. The van der Waals surface area contributed by atoms with Gasteiger partial charge in [0.2, 0.25) is 0 Å². The molecule has 1 aromatic heterocycles. The Labute approximate surface area is 188 Å². The van der Waals surface area contributed by atoms with Crippen LogP contribution in [0, 0.1) is 0 Å². The third kappa shape index (κ3) is 22.2. The van der Waals surface area contributed by atoms with Gasteiger partial charge in [-0.25, -0.2) is 0 Å². The standard InChI is InChI=1S/C21H43N.C4H4S.C2H6/c1-2-22-20-18-16-14-12-10-8-6-4-3-5-7-9-11-13-15-17-19-21-22;1-2-4-5-3-1;1-2/h2-21H2,1H3;1-4H;1-2H3. The van der Waals surface area contributed by atoms with Crippen LogP contribution in [0.25, 0.3) is 0 Å². The average molecular weight is 424 g/mol. The van der Waals surface area contributed by atoms with Crippen LogP contribution < -0.4 is 0 Å². The largest absolute Gasteiger partial charge is 0.304 e. The van der Waals surface area contributed by atoms with Crippen molar-refractivity contribution < 1.29 is 0 Å². The van der Waals surface area contributed by atoms with Gasteiger partial charge in [-0.3, -0.25) is 0 Å². The first kappa shape index (κ1) is 28.7. The first-order valence-electron chi connectivity index (χ1n) is 13.1. The summed E-state index contributed by atoms with van der Waals surface area (Å²) in [5.74, 6) is 0. The third-order valence-corrected chi connectivity index (χ3v) is 6.45. The zero-order valence-corrected chi connectivity index (χ0v) is 21.1. The van der Waals surface area contributed by atoms with Gasteiger partial charge in [-0.05, 0) is 43.2 Å². The van der Waals surface area contributed by atoms with Gasteiger partial charge in [-0.15, -0.1) is 0 Å². The minimum absolute atomic E-state index is 1.25. The SMILES string of the molecule is CC.CCN1CCCCCCCCCCCCCCCCCCC1.c1ccsc1. The summed E-state index contributed by atoms with van der Waals surface area (Å²) >= 11 is 1.71. The van der Waals surface area contributed by atoms with Gasteiger partial charge in [-0.1, -0.05) is 129 Å². The number of thiophene rings is 1. The molecule has 1 aliphatic heterocycles. The number of nitrogens with zero attached hydrogens (tertiary/aromatic N) is 1. The third-order valence-electron chi connectivity index (χ3n) is 5.82. The monoisotopic (exact) mass is 423 g/mol. The lowest BCUT2D eigenvalue weighted by molar-refractivity contribution is 0.273. The molecular weight excluding hydrogens is 370 g/mol. The molecule has 0 amide bonds. The highest BCUT2D eigenvalue weighted by atomic mass is 32.1. The van der Waals surface area contributed by atoms with E-state index in [9.17, 15) is 0 Å². The van der Waals surface area contributed by atoms with Crippen LogP contribution in [0.2, 0.25) is 0 Å². The summed E-state index contributed by atoms with van der Waals surface area (Å²) < 4.78 is 0. The Balaban J connectivity index is 0.000000949. The van der Waals surface area contributed by atoms with E-state index in [4.69, 9.17) is 0 Å². The Morgan fingerprint density at radius 3 is 1.00 bits per heavy atom. The van der Waals surface area contributed by atoms with Crippen LogP contribution in [0.4, 0.5) is 0 Å². The minimum atomic E-state index is 1.25. The molecule has 0 saturated carbocycles. The second kappa shape index (κ2) is 25.7. The molecule has 0 radical (unpaired) electrons. The summed E-state index contributed by atoms with van der Waals surface area (Å²) in [6, 6.07) is 4.04. The van der Waals surface area contributed by atoms with Crippen molar-refractivity contribution in [2.45, 2.75) is 130 Å². The maximum absolute atomic E-state index is 2.68. The Morgan fingerprint density at radius 1 is 0.517 bits per heavy atom.